The summed E-state index contributed by atoms with van der Waals surface area (Å²) >= 11 is 0. The van der Waals surface area contributed by atoms with Crippen molar-refractivity contribution in [1.29, 1.82) is 0 Å². The van der Waals surface area contributed by atoms with E-state index in [1.165, 1.54) is 33.0 Å². The molecule has 0 amide bonds. The van der Waals surface area contributed by atoms with Crippen molar-refractivity contribution in [2.75, 3.05) is 0 Å². The smallest absolute Gasteiger partial charge is 0.0352 e. The lowest BCUT2D eigenvalue weighted by Gasteiger charge is -1.99. The van der Waals surface area contributed by atoms with Gasteiger partial charge in [-0.05, 0) is 39.6 Å². The molecule has 0 unspecified atom stereocenters. The average molecular weight is 202 g/mol. The lowest BCUT2D eigenvalue weighted by Crippen LogP contribution is -1.77. The van der Waals surface area contributed by atoms with E-state index in [0.717, 1.165) is 0 Å². The number of aromatic nitrogens is 1. The summed E-state index contributed by atoms with van der Waals surface area (Å²) in [5.74, 6) is 0. The molecular weight excluding hydrogens is 194 g/mol. The number of pyridine rings is 1. The Morgan fingerprint density at radius 1 is 0.938 bits per heavy atom. The molecule has 1 aliphatic rings. The van der Waals surface area contributed by atoms with Crippen molar-refractivity contribution in [3.8, 4) is 22.3 Å². The van der Waals surface area contributed by atoms with E-state index in [1.54, 1.807) is 0 Å². The van der Waals surface area contributed by atoms with Crippen molar-refractivity contribution >= 4 is 10.8 Å². The molecule has 0 N–H and O–H groups in total. The molecule has 0 bridgehead atoms. The zero-order chi connectivity index (χ0) is 10.5. The van der Waals surface area contributed by atoms with Gasteiger partial charge in [-0.25, -0.2) is 0 Å². The van der Waals surface area contributed by atoms with Crippen molar-refractivity contribution in [3.63, 3.8) is 0 Å². The van der Waals surface area contributed by atoms with Gasteiger partial charge < -0.3 is 0 Å². The standard InChI is InChI=1S/C15H8N/c1-3-10-4-2-6-13-14-9-16-8-7-11(14)12(5-1)15(10)13/h1-4,6-9H. The molecule has 0 aliphatic heterocycles. The van der Waals surface area contributed by atoms with E-state index in [1.807, 2.05) is 18.5 Å². The van der Waals surface area contributed by atoms with Crippen LogP contribution in [0.1, 0.15) is 0 Å². The lowest BCUT2D eigenvalue weighted by atomic mass is 10.0. The fourth-order valence-corrected chi connectivity index (χ4v) is 2.54. The summed E-state index contributed by atoms with van der Waals surface area (Å²) in [6.07, 6.45) is 3.79. The molecule has 1 radical (unpaired) electrons. The third-order valence-corrected chi connectivity index (χ3v) is 3.22. The van der Waals surface area contributed by atoms with Crippen LogP contribution in [0.25, 0.3) is 33.0 Å². The molecule has 0 spiro atoms. The van der Waals surface area contributed by atoms with Crippen LogP contribution in [0.3, 0.4) is 0 Å². The van der Waals surface area contributed by atoms with E-state index in [9.17, 15) is 0 Å². The fraction of sp³-hybridized carbons (Fsp3) is 0. The van der Waals surface area contributed by atoms with Gasteiger partial charge >= 0.3 is 0 Å². The van der Waals surface area contributed by atoms with Crippen molar-refractivity contribution in [2.45, 2.75) is 0 Å². The van der Waals surface area contributed by atoms with Crippen molar-refractivity contribution in [2.24, 2.45) is 0 Å². The van der Waals surface area contributed by atoms with Crippen LogP contribution in [0, 0.1) is 6.07 Å². The SMILES string of the molecule is [c]1ccc2cccc3c2c1-c1ccncc1-3. The lowest BCUT2D eigenvalue weighted by molar-refractivity contribution is 1.34. The second kappa shape index (κ2) is 2.70. The topological polar surface area (TPSA) is 12.9 Å². The molecule has 1 heterocycles. The summed E-state index contributed by atoms with van der Waals surface area (Å²) in [5, 5.41) is 2.59. The van der Waals surface area contributed by atoms with Crippen LogP contribution in [0.15, 0.2) is 48.8 Å². The van der Waals surface area contributed by atoms with E-state index < -0.39 is 0 Å². The summed E-state index contributed by atoms with van der Waals surface area (Å²) < 4.78 is 0. The maximum absolute atomic E-state index is 4.21. The summed E-state index contributed by atoms with van der Waals surface area (Å²) in [4.78, 5) is 4.21. The van der Waals surface area contributed by atoms with Gasteiger partial charge in [0.1, 0.15) is 0 Å². The summed E-state index contributed by atoms with van der Waals surface area (Å²) in [7, 11) is 0. The third-order valence-electron chi connectivity index (χ3n) is 3.22. The molecule has 1 aliphatic carbocycles. The molecule has 2 aromatic carbocycles. The monoisotopic (exact) mass is 202 g/mol. The predicted molar refractivity (Wildman–Crippen MR) is 65.0 cm³/mol. The van der Waals surface area contributed by atoms with Crippen LogP contribution in [-0.2, 0) is 0 Å². The number of fused-ring (bicyclic) bond motifs is 3. The highest BCUT2D eigenvalue weighted by atomic mass is 14.6. The quantitative estimate of drug-likeness (QED) is 0.424. The molecular formula is C15H8N. The maximum Gasteiger partial charge on any atom is 0.0352 e. The Kier molecular flexibility index (Phi) is 1.36. The Morgan fingerprint density at radius 2 is 1.94 bits per heavy atom. The molecule has 73 valence electrons. The van der Waals surface area contributed by atoms with Gasteiger partial charge in [0.25, 0.3) is 0 Å². The molecule has 0 fully saturated rings. The average Bonchev–Trinajstić information content (AvgIpc) is 2.68. The van der Waals surface area contributed by atoms with Crippen LogP contribution >= 0.6 is 0 Å². The number of hydrogen-bond donors (Lipinski definition) is 0. The van der Waals surface area contributed by atoms with Gasteiger partial charge in [-0.15, -0.1) is 0 Å². The van der Waals surface area contributed by atoms with Crippen LogP contribution in [0.4, 0.5) is 0 Å². The van der Waals surface area contributed by atoms with Crippen LogP contribution in [0.2, 0.25) is 0 Å². The minimum atomic E-state index is 1.21. The van der Waals surface area contributed by atoms with Gasteiger partial charge in [0.2, 0.25) is 0 Å². The first-order valence-electron chi connectivity index (χ1n) is 5.33. The minimum Gasteiger partial charge on any atom is -0.264 e. The van der Waals surface area contributed by atoms with Gasteiger partial charge in [0, 0.05) is 18.0 Å². The third kappa shape index (κ3) is 0.836. The first-order valence-corrected chi connectivity index (χ1v) is 5.33. The maximum atomic E-state index is 4.21. The Morgan fingerprint density at radius 3 is 2.94 bits per heavy atom. The number of hydrogen-bond acceptors (Lipinski definition) is 1. The number of rotatable bonds is 0. The second-order valence-electron chi connectivity index (χ2n) is 4.04. The Balaban J connectivity index is 2.31. The Hall–Kier alpha value is -2.15. The van der Waals surface area contributed by atoms with E-state index >= 15 is 0 Å². The van der Waals surface area contributed by atoms with E-state index in [-0.39, 0.29) is 0 Å². The number of benzene rings is 2. The highest BCUT2D eigenvalue weighted by Gasteiger charge is 2.20. The van der Waals surface area contributed by atoms with Gasteiger partial charge in [-0.2, -0.15) is 0 Å². The van der Waals surface area contributed by atoms with Gasteiger partial charge in [-0.3, -0.25) is 4.98 Å². The molecule has 4 rings (SSSR count). The molecule has 3 aromatic rings. The number of nitrogens with zero attached hydrogens (tertiary/aromatic N) is 1. The molecule has 1 aromatic heterocycles. The van der Waals surface area contributed by atoms with E-state index in [0.29, 0.717) is 0 Å². The first-order chi connectivity index (χ1) is 7.95. The summed E-state index contributed by atoms with van der Waals surface area (Å²) in [5.41, 5.74) is 4.98. The molecule has 16 heavy (non-hydrogen) atoms. The Labute approximate surface area is 93.4 Å². The normalized spacial score (nSPS) is 11.8. The fourth-order valence-electron chi connectivity index (χ4n) is 2.54. The summed E-state index contributed by atoms with van der Waals surface area (Å²) in [6.45, 7) is 0. The highest BCUT2D eigenvalue weighted by Crippen LogP contribution is 2.45. The van der Waals surface area contributed by atoms with Crippen molar-refractivity contribution in [1.82, 2.24) is 4.98 Å². The molecule has 1 nitrogen and oxygen atoms in total. The minimum absolute atomic E-state index is 1.21. The summed E-state index contributed by atoms with van der Waals surface area (Å²) in [6, 6.07) is 15.9. The van der Waals surface area contributed by atoms with E-state index in [2.05, 4.69) is 41.4 Å². The van der Waals surface area contributed by atoms with Gasteiger partial charge in [-0.1, -0.05) is 30.3 Å². The molecule has 0 saturated carbocycles. The van der Waals surface area contributed by atoms with Crippen LogP contribution in [0.5, 0.6) is 0 Å². The predicted octanol–water partition coefficient (Wildman–Crippen LogP) is 3.68. The first kappa shape index (κ1) is 8.05. The van der Waals surface area contributed by atoms with Gasteiger partial charge in [0.05, 0.1) is 0 Å². The Bertz CT molecular complexity index is 656. The highest BCUT2D eigenvalue weighted by molar-refractivity contribution is 6.14. The van der Waals surface area contributed by atoms with Crippen molar-refractivity contribution in [3.05, 3.63) is 54.9 Å². The van der Waals surface area contributed by atoms with Crippen molar-refractivity contribution < 1.29 is 0 Å². The van der Waals surface area contributed by atoms with E-state index in [4.69, 9.17) is 0 Å². The zero-order valence-electron chi connectivity index (χ0n) is 8.57. The largest absolute Gasteiger partial charge is 0.264 e. The zero-order valence-corrected chi connectivity index (χ0v) is 8.57. The van der Waals surface area contributed by atoms with Gasteiger partial charge in [0.15, 0.2) is 0 Å². The van der Waals surface area contributed by atoms with Crippen LogP contribution in [-0.4, -0.2) is 4.98 Å². The molecule has 0 saturated heterocycles. The second-order valence-corrected chi connectivity index (χ2v) is 4.04. The molecule has 0 atom stereocenters. The van der Waals surface area contributed by atoms with Crippen LogP contribution < -0.4 is 0 Å². The molecule has 1 heteroatoms.